The summed E-state index contributed by atoms with van der Waals surface area (Å²) >= 11 is 0. The fraction of sp³-hybridized carbons (Fsp3) is 0.364. The summed E-state index contributed by atoms with van der Waals surface area (Å²) in [4.78, 5) is 19.5. The van der Waals surface area contributed by atoms with Gasteiger partial charge in [-0.3, -0.25) is 14.7 Å². The summed E-state index contributed by atoms with van der Waals surface area (Å²) in [5.41, 5.74) is 1.94. The van der Waals surface area contributed by atoms with Gasteiger partial charge in [-0.1, -0.05) is 6.07 Å². The highest BCUT2D eigenvalue weighted by Crippen LogP contribution is 2.33. The van der Waals surface area contributed by atoms with Crippen molar-refractivity contribution >= 4 is 11.6 Å². The number of hydrogen-bond acceptors (Lipinski definition) is 6. The third kappa shape index (κ3) is 3.66. The molecular weight excluding hydrogens is 380 g/mol. The van der Waals surface area contributed by atoms with Gasteiger partial charge in [0.25, 0.3) is 5.91 Å². The number of hydrogen-bond donors (Lipinski definition) is 1. The van der Waals surface area contributed by atoms with Gasteiger partial charge in [0.2, 0.25) is 5.82 Å². The molecule has 0 saturated carbocycles. The van der Waals surface area contributed by atoms with Crippen LogP contribution in [0, 0.1) is 11.8 Å². The average Bonchev–Trinajstić information content (AvgIpc) is 3.35. The van der Waals surface area contributed by atoms with Crippen LogP contribution < -0.4 is 10.1 Å². The minimum atomic E-state index is -0.234. The van der Waals surface area contributed by atoms with Crippen molar-refractivity contribution in [3.8, 4) is 5.75 Å². The first-order valence-electron chi connectivity index (χ1n) is 10.2. The van der Waals surface area contributed by atoms with Crippen molar-refractivity contribution < 1.29 is 9.53 Å². The fourth-order valence-electron chi connectivity index (χ4n) is 4.53. The highest BCUT2D eigenvalue weighted by molar-refractivity contribution is 6.01. The highest BCUT2D eigenvalue weighted by atomic mass is 16.5. The maximum Gasteiger partial charge on any atom is 0.293 e. The summed E-state index contributed by atoms with van der Waals surface area (Å²) in [6.07, 6.45) is 4.59. The molecule has 2 aromatic heterocycles. The van der Waals surface area contributed by atoms with Crippen LogP contribution in [0.1, 0.15) is 22.0 Å². The number of ether oxygens (including phenoxy) is 1. The largest absolute Gasteiger partial charge is 0.497 e. The Morgan fingerprint density at radius 3 is 2.73 bits per heavy atom. The molecule has 0 unspecified atom stereocenters. The molecule has 1 saturated heterocycles. The van der Waals surface area contributed by atoms with E-state index in [1.165, 1.54) is 5.56 Å². The second-order valence-electron chi connectivity index (χ2n) is 8.01. The van der Waals surface area contributed by atoms with E-state index >= 15 is 0 Å². The molecule has 2 aliphatic heterocycles. The number of benzene rings is 1. The number of nitrogens with zero attached hydrogens (tertiary/aromatic N) is 5. The summed E-state index contributed by atoms with van der Waals surface area (Å²) in [5.74, 6) is 2.84. The molecule has 1 fully saturated rings. The standard InChI is InChI=1S/C22H24N6O2/c1-30-19-6-4-18(5-7-19)24-22(29)21-26-25-20-9-16-12-27(13-17(16)14-28(20)21)11-15-3-2-8-23-10-15/h2-8,10,16-17H,9,11-14H2,1H3,(H,24,29)/t16-,17+/m0/s1. The summed E-state index contributed by atoms with van der Waals surface area (Å²) < 4.78 is 7.15. The number of nitrogens with one attached hydrogen (secondary N) is 1. The molecule has 2 atom stereocenters. The summed E-state index contributed by atoms with van der Waals surface area (Å²) in [7, 11) is 1.62. The Hall–Kier alpha value is -3.26. The van der Waals surface area contributed by atoms with Crippen molar-refractivity contribution in [3.63, 3.8) is 0 Å². The van der Waals surface area contributed by atoms with Gasteiger partial charge < -0.3 is 14.6 Å². The molecule has 1 aromatic carbocycles. The zero-order valence-electron chi connectivity index (χ0n) is 16.9. The van der Waals surface area contributed by atoms with E-state index in [1.54, 1.807) is 13.3 Å². The van der Waals surface area contributed by atoms with Gasteiger partial charge in [-0.25, -0.2) is 0 Å². The zero-order valence-corrected chi connectivity index (χ0v) is 16.9. The average molecular weight is 404 g/mol. The van der Waals surface area contributed by atoms with E-state index in [0.29, 0.717) is 23.3 Å². The molecule has 0 radical (unpaired) electrons. The van der Waals surface area contributed by atoms with E-state index in [2.05, 4.69) is 31.5 Å². The first-order chi connectivity index (χ1) is 14.7. The molecular formula is C22H24N6O2. The van der Waals surface area contributed by atoms with Gasteiger partial charge in [0.15, 0.2) is 0 Å². The molecule has 3 aromatic rings. The molecule has 4 heterocycles. The first-order valence-corrected chi connectivity index (χ1v) is 10.2. The van der Waals surface area contributed by atoms with Gasteiger partial charge in [0.1, 0.15) is 11.6 Å². The number of pyridine rings is 1. The Labute approximate surface area is 174 Å². The topological polar surface area (TPSA) is 85.2 Å². The van der Waals surface area contributed by atoms with Gasteiger partial charge in [-0.15, -0.1) is 10.2 Å². The number of carbonyl (C=O) groups excluding carboxylic acids is 1. The van der Waals surface area contributed by atoms with Crippen LogP contribution in [-0.2, 0) is 19.5 Å². The molecule has 0 aliphatic carbocycles. The molecule has 5 rings (SSSR count). The quantitative estimate of drug-likeness (QED) is 0.702. The number of aromatic nitrogens is 4. The van der Waals surface area contributed by atoms with Crippen molar-refractivity contribution in [3.05, 3.63) is 66.0 Å². The summed E-state index contributed by atoms with van der Waals surface area (Å²) in [6, 6.07) is 11.4. The molecule has 30 heavy (non-hydrogen) atoms. The van der Waals surface area contributed by atoms with E-state index in [9.17, 15) is 4.79 Å². The molecule has 1 N–H and O–H groups in total. The lowest BCUT2D eigenvalue weighted by atomic mass is 9.89. The molecule has 0 spiro atoms. The van der Waals surface area contributed by atoms with Gasteiger partial charge >= 0.3 is 0 Å². The monoisotopic (exact) mass is 404 g/mol. The van der Waals surface area contributed by atoms with Crippen LogP contribution >= 0.6 is 0 Å². The summed E-state index contributed by atoms with van der Waals surface area (Å²) in [5, 5.41) is 11.4. The van der Waals surface area contributed by atoms with E-state index < -0.39 is 0 Å². The van der Waals surface area contributed by atoms with E-state index in [0.717, 1.165) is 44.2 Å². The van der Waals surface area contributed by atoms with Crippen LogP contribution in [0.4, 0.5) is 5.69 Å². The number of anilines is 1. The zero-order chi connectivity index (χ0) is 20.5. The maximum absolute atomic E-state index is 12.8. The van der Waals surface area contributed by atoms with E-state index in [1.807, 2.05) is 41.1 Å². The Bertz CT molecular complexity index is 1030. The van der Waals surface area contributed by atoms with Crippen LogP contribution in [-0.4, -0.2) is 50.8 Å². The SMILES string of the molecule is COc1ccc(NC(=O)c2nnc3n2C[C@H]2CN(Cc4cccnc4)C[C@@H]2C3)cc1. The van der Waals surface area contributed by atoms with Crippen molar-refractivity contribution in [2.45, 2.75) is 19.5 Å². The predicted molar refractivity (Wildman–Crippen MR) is 111 cm³/mol. The second-order valence-corrected chi connectivity index (χ2v) is 8.01. The molecule has 154 valence electrons. The van der Waals surface area contributed by atoms with Crippen molar-refractivity contribution in [1.82, 2.24) is 24.6 Å². The Balaban J connectivity index is 1.26. The van der Waals surface area contributed by atoms with E-state index in [4.69, 9.17) is 4.74 Å². The lowest BCUT2D eigenvalue weighted by molar-refractivity contribution is 0.100. The number of carbonyl (C=O) groups is 1. The molecule has 2 aliphatic rings. The van der Waals surface area contributed by atoms with Gasteiger partial charge in [-0.05, 0) is 47.7 Å². The molecule has 0 bridgehead atoms. The Morgan fingerprint density at radius 1 is 1.13 bits per heavy atom. The molecule has 8 nitrogen and oxygen atoms in total. The predicted octanol–water partition coefficient (Wildman–Crippen LogP) is 2.24. The van der Waals surface area contributed by atoms with Crippen LogP contribution in [0.5, 0.6) is 5.75 Å². The number of fused-ring (bicyclic) bond motifs is 2. The number of rotatable bonds is 5. The van der Waals surface area contributed by atoms with Crippen LogP contribution in [0.15, 0.2) is 48.8 Å². The van der Waals surface area contributed by atoms with Crippen LogP contribution in [0.3, 0.4) is 0 Å². The normalized spacial score (nSPS) is 20.4. The fourth-order valence-corrected chi connectivity index (χ4v) is 4.53. The molecule has 8 heteroatoms. The lowest BCUT2D eigenvalue weighted by Gasteiger charge is -2.25. The van der Waals surface area contributed by atoms with Crippen molar-refractivity contribution in [2.24, 2.45) is 11.8 Å². The van der Waals surface area contributed by atoms with Crippen molar-refractivity contribution in [1.29, 1.82) is 0 Å². The van der Waals surface area contributed by atoms with Gasteiger partial charge in [0.05, 0.1) is 7.11 Å². The minimum absolute atomic E-state index is 0.234. The Kier molecular flexibility index (Phi) is 4.92. The van der Waals surface area contributed by atoms with Crippen LogP contribution in [0.2, 0.25) is 0 Å². The second kappa shape index (κ2) is 7.87. The van der Waals surface area contributed by atoms with Gasteiger partial charge in [-0.2, -0.15) is 0 Å². The smallest absolute Gasteiger partial charge is 0.293 e. The summed E-state index contributed by atoms with van der Waals surface area (Å²) in [6.45, 7) is 3.74. The maximum atomic E-state index is 12.8. The first kappa shape index (κ1) is 18.7. The highest BCUT2D eigenvalue weighted by Gasteiger charge is 2.39. The van der Waals surface area contributed by atoms with Crippen LogP contribution in [0.25, 0.3) is 0 Å². The minimum Gasteiger partial charge on any atom is -0.497 e. The van der Waals surface area contributed by atoms with Gasteiger partial charge in [0, 0.05) is 50.7 Å². The third-order valence-corrected chi connectivity index (χ3v) is 6.02. The third-order valence-electron chi connectivity index (χ3n) is 6.02. The van der Waals surface area contributed by atoms with E-state index in [-0.39, 0.29) is 5.91 Å². The number of amides is 1. The Morgan fingerprint density at radius 2 is 1.97 bits per heavy atom. The van der Waals surface area contributed by atoms with Crippen molar-refractivity contribution in [2.75, 3.05) is 25.5 Å². The molecule has 1 amide bonds. The number of likely N-dealkylation sites (tertiary alicyclic amines) is 1. The number of methoxy groups -OCH3 is 1. The lowest BCUT2D eigenvalue weighted by Crippen LogP contribution is -2.31.